The van der Waals surface area contributed by atoms with Crippen LogP contribution < -0.4 is 15.2 Å². The van der Waals surface area contributed by atoms with Crippen molar-refractivity contribution >= 4 is 28.1 Å². The summed E-state index contributed by atoms with van der Waals surface area (Å²) in [5, 5.41) is 3.24. The van der Waals surface area contributed by atoms with Crippen molar-refractivity contribution < 1.29 is 9.47 Å². The molecule has 4 nitrogen and oxygen atoms in total. The number of benzene rings is 2. The van der Waals surface area contributed by atoms with E-state index in [0.29, 0.717) is 23.4 Å². The number of thiazole rings is 1. The van der Waals surface area contributed by atoms with Gasteiger partial charge >= 0.3 is 0 Å². The number of halogens is 1. The topological polar surface area (TPSA) is 57.4 Å². The molecule has 0 saturated carbocycles. The van der Waals surface area contributed by atoms with Crippen molar-refractivity contribution in [3.8, 4) is 22.8 Å². The Morgan fingerprint density at radius 2 is 1.44 bits per heavy atom. The first-order valence-electron chi connectivity index (χ1n) is 8.03. The molecule has 0 aliphatic carbocycles. The summed E-state index contributed by atoms with van der Waals surface area (Å²) in [6, 6.07) is 15.3. The van der Waals surface area contributed by atoms with E-state index in [-0.39, 0.29) is 0 Å². The SMILES string of the molecule is Nc1nc(-c2ccc(OCCCCOc3ccc(Cl)cc3)cc2)cs1. The smallest absolute Gasteiger partial charge is 0.180 e. The Kier molecular flexibility index (Phi) is 6.14. The van der Waals surface area contributed by atoms with Gasteiger partial charge in [-0.3, -0.25) is 0 Å². The molecule has 1 aromatic heterocycles. The molecule has 0 fully saturated rings. The zero-order chi connectivity index (χ0) is 17.5. The Labute approximate surface area is 156 Å². The van der Waals surface area contributed by atoms with Gasteiger partial charge < -0.3 is 15.2 Å². The Morgan fingerprint density at radius 1 is 0.880 bits per heavy atom. The molecule has 0 amide bonds. The molecule has 0 spiro atoms. The van der Waals surface area contributed by atoms with Gasteiger partial charge in [-0.15, -0.1) is 11.3 Å². The van der Waals surface area contributed by atoms with Crippen molar-refractivity contribution in [2.45, 2.75) is 12.8 Å². The molecule has 0 unspecified atom stereocenters. The van der Waals surface area contributed by atoms with Crippen LogP contribution in [-0.2, 0) is 0 Å². The molecule has 0 radical (unpaired) electrons. The minimum atomic E-state index is 0.580. The van der Waals surface area contributed by atoms with Gasteiger partial charge in [-0.05, 0) is 61.4 Å². The molecule has 2 N–H and O–H groups in total. The van der Waals surface area contributed by atoms with Gasteiger partial charge in [0.25, 0.3) is 0 Å². The molecule has 3 rings (SSSR count). The maximum absolute atomic E-state index is 5.84. The summed E-state index contributed by atoms with van der Waals surface area (Å²) in [7, 11) is 0. The van der Waals surface area contributed by atoms with E-state index in [1.54, 1.807) is 0 Å². The van der Waals surface area contributed by atoms with Gasteiger partial charge in [0.15, 0.2) is 5.13 Å². The fraction of sp³-hybridized carbons (Fsp3) is 0.211. The molecule has 0 aliphatic heterocycles. The summed E-state index contributed by atoms with van der Waals surface area (Å²) in [5.41, 5.74) is 7.60. The second-order valence-electron chi connectivity index (χ2n) is 5.45. The summed E-state index contributed by atoms with van der Waals surface area (Å²) >= 11 is 7.28. The fourth-order valence-electron chi connectivity index (χ4n) is 2.26. The van der Waals surface area contributed by atoms with E-state index in [0.717, 1.165) is 35.6 Å². The summed E-state index contributed by atoms with van der Waals surface area (Å²) in [6.07, 6.45) is 1.86. The highest BCUT2D eigenvalue weighted by Gasteiger charge is 2.03. The van der Waals surface area contributed by atoms with Crippen LogP contribution >= 0.6 is 22.9 Å². The number of nitrogens with two attached hydrogens (primary N) is 1. The Morgan fingerprint density at radius 3 is 1.96 bits per heavy atom. The lowest BCUT2D eigenvalue weighted by Gasteiger charge is -2.08. The van der Waals surface area contributed by atoms with Crippen LogP contribution in [0.15, 0.2) is 53.9 Å². The zero-order valence-corrected chi connectivity index (χ0v) is 15.2. The average Bonchev–Trinajstić information content (AvgIpc) is 3.06. The van der Waals surface area contributed by atoms with Gasteiger partial charge in [0.05, 0.1) is 18.9 Å². The van der Waals surface area contributed by atoms with Gasteiger partial charge in [-0.1, -0.05) is 11.6 Å². The quantitative estimate of drug-likeness (QED) is 0.544. The predicted octanol–water partition coefficient (Wildman–Crippen LogP) is 5.28. The standard InChI is InChI=1S/C19H19ClN2O2S/c20-15-5-9-17(10-6-15)24-12-2-1-11-23-16-7-3-14(4-8-16)18-13-25-19(21)22-18/h3-10,13H,1-2,11-12H2,(H2,21,22). The number of ether oxygens (including phenoxy) is 2. The molecule has 130 valence electrons. The summed E-state index contributed by atoms with van der Waals surface area (Å²) in [4.78, 5) is 4.27. The highest BCUT2D eigenvalue weighted by atomic mass is 35.5. The number of rotatable bonds is 8. The summed E-state index contributed by atoms with van der Waals surface area (Å²) in [6.45, 7) is 1.32. The average molecular weight is 375 g/mol. The first-order valence-corrected chi connectivity index (χ1v) is 9.29. The number of anilines is 1. The lowest BCUT2D eigenvalue weighted by molar-refractivity contribution is 0.266. The van der Waals surface area contributed by atoms with Crippen molar-refractivity contribution in [1.29, 1.82) is 0 Å². The summed E-state index contributed by atoms with van der Waals surface area (Å²) in [5.74, 6) is 1.69. The monoisotopic (exact) mass is 374 g/mol. The molecule has 1 heterocycles. The molecule has 0 atom stereocenters. The molecule has 3 aromatic rings. The maximum atomic E-state index is 5.84. The van der Waals surface area contributed by atoms with Gasteiger partial charge in [-0.2, -0.15) is 0 Å². The van der Waals surface area contributed by atoms with Crippen LogP contribution in [0.2, 0.25) is 5.02 Å². The lowest BCUT2D eigenvalue weighted by atomic mass is 10.2. The highest BCUT2D eigenvalue weighted by Crippen LogP contribution is 2.25. The van der Waals surface area contributed by atoms with Gasteiger partial charge in [-0.25, -0.2) is 4.98 Å². The largest absolute Gasteiger partial charge is 0.494 e. The third kappa shape index (κ3) is 5.37. The van der Waals surface area contributed by atoms with Crippen molar-refractivity contribution in [2.24, 2.45) is 0 Å². The number of hydrogen-bond acceptors (Lipinski definition) is 5. The fourth-order valence-corrected chi connectivity index (χ4v) is 2.96. The van der Waals surface area contributed by atoms with Gasteiger partial charge in [0, 0.05) is 16.0 Å². The van der Waals surface area contributed by atoms with Gasteiger partial charge in [0.2, 0.25) is 0 Å². The van der Waals surface area contributed by atoms with Crippen LogP contribution in [-0.4, -0.2) is 18.2 Å². The number of hydrogen-bond donors (Lipinski definition) is 1. The summed E-state index contributed by atoms with van der Waals surface area (Å²) < 4.78 is 11.4. The lowest BCUT2D eigenvalue weighted by Crippen LogP contribution is -2.02. The van der Waals surface area contributed by atoms with Crippen molar-refractivity contribution in [1.82, 2.24) is 4.98 Å². The van der Waals surface area contributed by atoms with Gasteiger partial charge in [0.1, 0.15) is 11.5 Å². The van der Waals surface area contributed by atoms with Crippen molar-refractivity contribution in [2.75, 3.05) is 18.9 Å². The Balaban J connectivity index is 1.35. The number of unbranched alkanes of at least 4 members (excludes halogenated alkanes) is 1. The van der Waals surface area contributed by atoms with E-state index in [4.69, 9.17) is 26.8 Å². The minimum Gasteiger partial charge on any atom is -0.494 e. The van der Waals surface area contributed by atoms with E-state index >= 15 is 0 Å². The number of nitrogens with zero attached hydrogens (tertiary/aromatic N) is 1. The Bertz CT molecular complexity index is 788. The van der Waals surface area contributed by atoms with E-state index < -0.39 is 0 Å². The highest BCUT2D eigenvalue weighted by molar-refractivity contribution is 7.13. The molecule has 2 aromatic carbocycles. The second kappa shape index (κ2) is 8.74. The number of nitrogen functional groups attached to an aromatic ring is 1. The van der Waals surface area contributed by atoms with Crippen LogP contribution in [0.25, 0.3) is 11.3 Å². The van der Waals surface area contributed by atoms with Crippen molar-refractivity contribution in [3.63, 3.8) is 0 Å². The van der Waals surface area contributed by atoms with Crippen molar-refractivity contribution in [3.05, 3.63) is 58.9 Å². The van der Waals surface area contributed by atoms with E-state index in [1.807, 2.05) is 53.9 Å². The third-order valence-corrected chi connectivity index (χ3v) is 4.49. The second-order valence-corrected chi connectivity index (χ2v) is 6.78. The normalized spacial score (nSPS) is 10.6. The first kappa shape index (κ1) is 17.6. The van der Waals surface area contributed by atoms with Crippen LogP contribution in [0.5, 0.6) is 11.5 Å². The predicted molar refractivity (Wildman–Crippen MR) is 104 cm³/mol. The zero-order valence-electron chi connectivity index (χ0n) is 13.7. The molecular weight excluding hydrogens is 356 g/mol. The Hall–Kier alpha value is -2.24. The molecule has 6 heteroatoms. The third-order valence-electron chi connectivity index (χ3n) is 3.56. The molecule has 0 bridgehead atoms. The number of aromatic nitrogens is 1. The molecule has 25 heavy (non-hydrogen) atoms. The maximum Gasteiger partial charge on any atom is 0.180 e. The van der Waals surface area contributed by atoms with Crippen LogP contribution in [0, 0.1) is 0 Å². The molecule has 0 aliphatic rings. The van der Waals surface area contributed by atoms with E-state index in [1.165, 1.54) is 11.3 Å². The van der Waals surface area contributed by atoms with Crippen LogP contribution in [0.1, 0.15) is 12.8 Å². The van der Waals surface area contributed by atoms with E-state index in [9.17, 15) is 0 Å². The first-order chi connectivity index (χ1) is 12.2. The van der Waals surface area contributed by atoms with Crippen LogP contribution in [0.4, 0.5) is 5.13 Å². The molecular formula is C19H19ClN2O2S. The van der Waals surface area contributed by atoms with E-state index in [2.05, 4.69) is 4.98 Å². The minimum absolute atomic E-state index is 0.580. The molecule has 0 saturated heterocycles. The van der Waals surface area contributed by atoms with Crippen LogP contribution in [0.3, 0.4) is 0 Å².